The van der Waals surface area contributed by atoms with Gasteiger partial charge in [-0.1, -0.05) is 16.8 Å². The summed E-state index contributed by atoms with van der Waals surface area (Å²) in [6.45, 7) is 7.70. The Balaban J connectivity index is 2.27. The molecule has 0 radical (unpaired) electrons. The number of aromatic hydroxyl groups is 1. The first-order valence-electron chi connectivity index (χ1n) is 7.42. The van der Waals surface area contributed by atoms with Gasteiger partial charge in [0.2, 0.25) is 0 Å². The Morgan fingerprint density at radius 2 is 2.04 bits per heavy atom. The minimum Gasteiger partial charge on any atom is -0.507 e. The van der Waals surface area contributed by atoms with E-state index >= 15 is 0 Å². The molecule has 122 valence electrons. The van der Waals surface area contributed by atoms with Crippen LogP contribution in [0.25, 0.3) is 0 Å². The van der Waals surface area contributed by atoms with Crippen LogP contribution in [0, 0.1) is 20.8 Å². The number of phenols is 1. The van der Waals surface area contributed by atoms with Crippen molar-refractivity contribution in [1.82, 2.24) is 9.78 Å². The molecule has 0 saturated carbocycles. The fraction of sp³-hybridized carbons (Fsp3) is 0.353. The monoisotopic (exact) mass is 315 g/mol. The number of hydrogen-bond donors (Lipinski definition) is 1. The van der Waals surface area contributed by atoms with Crippen molar-refractivity contribution >= 4 is 11.7 Å². The average molecular weight is 315 g/mol. The first kappa shape index (κ1) is 16.7. The van der Waals surface area contributed by atoms with Crippen molar-refractivity contribution in [3.63, 3.8) is 0 Å². The van der Waals surface area contributed by atoms with E-state index in [1.807, 2.05) is 43.7 Å². The summed E-state index contributed by atoms with van der Waals surface area (Å²) in [6, 6.07) is 7.23. The SMILES string of the molecule is CC(=O)O/N=C(/CCn1nc(C)cc1C)c1cc(C)ccc1O. The van der Waals surface area contributed by atoms with Crippen molar-refractivity contribution in [3.8, 4) is 5.75 Å². The molecule has 23 heavy (non-hydrogen) atoms. The van der Waals surface area contributed by atoms with E-state index in [9.17, 15) is 9.90 Å². The molecule has 0 aliphatic rings. The number of rotatable bonds is 5. The predicted molar refractivity (Wildman–Crippen MR) is 87.5 cm³/mol. The average Bonchev–Trinajstić information content (AvgIpc) is 2.80. The number of benzene rings is 1. The second-order valence-corrected chi connectivity index (χ2v) is 5.54. The van der Waals surface area contributed by atoms with E-state index in [-0.39, 0.29) is 5.75 Å². The first-order chi connectivity index (χ1) is 10.9. The quantitative estimate of drug-likeness (QED) is 0.523. The summed E-state index contributed by atoms with van der Waals surface area (Å²) in [7, 11) is 0. The maximum Gasteiger partial charge on any atom is 0.331 e. The van der Waals surface area contributed by atoms with Gasteiger partial charge in [-0.25, -0.2) is 4.79 Å². The molecule has 0 aliphatic carbocycles. The van der Waals surface area contributed by atoms with Crippen LogP contribution in [0.5, 0.6) is 5.75 Å². The van der Waals surface area contributed by atoms with Crippen LogP contribution >= 0.6 is 0 Å². The van der Waals surface area contributed by atoms with Crippen LogP contribution in [-0.2, 0) is 16.2 Å². The molecule has 1 N–H and O–H groups in total. The van der Waals surface area contributed by atoms with Gasteiger partial charge in [0, 0.05) is 31.1 Å². The molecule has 1 heterocycles. The molecule has 6 nitrogen and oxygen atoms in total. The standard InChI is InChI=1S/C17H21N3O3/c1-11-5-6-17(22)15(9-11)16(19-23-14(4)21)7-8-20-13(3)10-12(2)18-20/h5-6,9-10,22H,7-8H2,1-4H3/b19-16-. The normalized spacial score (nSPS) is 11.6. The third-order valence-corrected chi connectivity index (χ3v) is 3.41. The Morgan fingerprint density at radius 1 is 1.30 bits per heavy atom. The van der Waals surface area contributed by atoms with E-state index in [4.69, 9.17) is 4.84 Å². The highest BCUT2D eigenvalue weighted by atomic mass is 16.7. The summed E-state index contributed by atoms with van der Waals surface area (Å²) in [6.07, 6.45) is 0.478. The summed E-state index contributed by atoms with van der Waals surface area (Å²) in [5.41, 5.74) is 4.04. The first-order valence-corrected chi connectivity index (χ1v) is 7.42. The second-order valence-electron chi connectivity index (χ2n) is 5.54. The van der Waals surface area contributed by atoms with E-state index < -0.39 is 5.97 Å². The smallest absolute Gasteiger partial charge is 0.331 e. The molecule has 0 amide bonds. The molecule has 0 spiro atoms. The minimum absolute atomic E-state index is 0.106. The van der Waals surface area contributed by atoms with E-state index in [2.05, 4.69) is 10.3 Å². The van der Waals surface area contributed by atoms with Gasteiger partial charge in [-0.2, -0.15) is 5.10 Å². The van der Waals surface area contributed by atoms with Crippen molar-refractivity contribution in [2.45, 2.75) is 40.7 Å². The Kier molecular flexibility index (Phi) is 5.16. The lowest BCUT2D eigenvalue weighted by atomic mass is 10.0. The summed E-state index contributed by atoms with van der Waals surface area (Å²) in [5, 5.41) is 18.4. The van der Waals surface area contributed by atoms with E-state index in [0.717, 1.165) is 17.0 Å². The molecule has 1 aromatic heterocycles. The number of aromatic nitrogens is 2. The van der Waals surface area contributed by atoms with Gasteiger partial charge in [-0.15, -0.1) is 0 Å². The molecule has 6 heteroatoms. The number of nitrogens with zero attached hydrogens (tertiary/aromatic N) is 3. The number of phenolic OH excluding ortho intramolecular Hbond substituents is 1. The molecule has 0 aliphatic heterocycles. The molecule has 2 rings (SSSR count). The fourth-order valence-electron chi connectivity index (χ4n) is 2.34. The number of oxime groups is 1. The summed E-state index contributed by atoms with van der Waals surface area (Å²) in [5.74, 6) is -0.393. The predicted octanol–water partition coefficient (Wildman–Crippen LogP) is 2.87. The second kappa shape index (κ2) is 7.09. The van der Waals surface area contributed by atoms with Crippen molar-refractivity contribution in [2.75, 3.05) is 0 Å². The van der Waals surface area contributed by atoms with Crippen LogP contribution in [-0.4, -0.2) is 26.6 Å². The third kappa shape index (κ3) is 4.42. The maximum atomic E-state index is 11.1. The van der Waals surface area contributed by atoms with Crippen molar-refractivity contribution in [1.29, 1.82) is 0 Å². The zero-order chi connectivity index (χ0) is 17.0. The van der Waals surface area contributed by atoms with Crippen LogP contribution < -0.4 is 0 Å². The van der Waals surface area contributed by atoms with Gasteiger partial charge in [0.25, 0.3) is 0 Å². The van der Waals surface area contributed by atoms with Gasteiger partial charge in [-0.05, 0) is 39.0 Å². The molecule has 0 atom stereocenters. The summed E-state index contributed by atoms with van der Waals surface area (Å²) < 4.78 is 1.87. The lowest BCUT2D eigenvalue weighted by Gasteiger charge is -2.10. The van der Waals surface area contributed by atoms with Gasteiger partial charge < -0.3 is 9.94 Å². The minimum atomic E-state index is -0.499. The Hall–Kier alpha value is -2.63. The molecule has 0 unspecified atom stereocenters. The highest BCUT2D eigenvalue weighted by molar-refractivity contribution is 6.02. The molecule has 1 aromatic carbocycles. The molecule has 0 bridgehead atoms. The van der Waals surface area contributed by atoms with E-state index in [1.54, 1.807) is 6.07 Å². The molecule has 0 fully saturated rings. The van der Waals surface area contributed by atoms with Gasteiger partial charge >= 0.3 is 5.97 Å². The topological polar surface area (TPSA) is 76.7 Å². The highest BCUT2D eigenvalue weighted by Crippen LogP contribution is 2.21. The lowest BCUT2D eigenvalue weighted by molar-refractivity contribution is -0.140. The highest BCUT2D eigenvalue weighted by Gasteiger charge is 2.12. The Bertz CT molecular complexity index is 748. The molecular weight excluding hydrogens is 294 g/mol. The summed E-state index contributed by atoms with van der Waals surface area (Å²) >= 11 is 0. The van der Waals surface area contributed by atoms with Crippen molar-refractivity contribution < 1.29 is 14.7 Å². The van der Waals surface area contributed by atoms with Gasteiger partial charge in [0.1, 0.15) is 5.75 Å². The van der Waals surface area contributed by atoms with Crippen LogP contribution in [0.15, 0.2) is 29.4 Å². The number of carbonyl (C=O) groups is 1. The van der Waals surface area contributed by atoms with Gasteiger partial charge in [0.15, 0.2) is 0 Å². The zero-order valence-electron chi connectivity index (χ0n) is 13.8. The largest absolute Gasteiger partial charge is 0.507 e. The number of hydrogen-bond acceptors (Lipinski definition) is 5. The van der Waals surface area contributed by atoms with Crippen LogP contribution in [0.3, 0.4) is 0 Å². The van der Waals surface area contributed by atoms with E-state index in [0.29, 0.717) is 24.2 Å². The van der Waals surface area contributed by atoms with Gasteiger partial charge in [0.05, 0.1) is 11.4 Å². The molecule has 2 aromatic rings. The molecule has 0 saturated heterocycles. The van der Waals surface area contributed by atoms with Crippen LogP contribution in [0.2, 0.25) is 0 Å². The van der Waals surface area contributed by atoms with Crippen molar-refractivity contribution in [2.24, 2.45) is 5.16 Å². The number of aryl methyl sites for hydroxylation is 4. The van der Waals surface area contributed by atoms with Crippen LogP contribution in [0.4, 0.5) is 0 Å². The zero-order valence-corrected chi connectivity index (χ0v) is 13.8. The van der Waals surface area contributed by atoms with E-state index in [1.165, 1.54) is 6.92 Å². The lowest BCUT2D eigenvalue weighted by Crippen LogP contribution is -2.11. The van der Waals surface area contributed by atoms with Gasteiger partial charge in [-0.3, -0.25) is 4.68 Å². The summed E-state index contributed by atoms with van der Waals surface area (Å²) in [4.78, 5) is 15.8. The van der Waals surface area contributed by atoms with Crippen LogP contribution in [0.1, 0.15) is 35.9 Å². The number of carbonyl (C=O) groups excluding carboxylic acids is 1. The van der Waals surface area contributed by atoms with Crippen molar-refractivity contribution in [3.05, 3.63) is 46.8 Å². The maximum absolute atomic E-state index is 11.1. The fourth-order valence-corrected chi connectivity index (χ4v) is 2.34. The Labute approximate surface area is 135 Å². The third-order valence-electron chi connectivity index (χ3n) is 3.41. The Morgan fingerprint density at radius 3 is 2.65 bits per heavy atom. The molecular formula is C17H21N3O3.